The molecule has 0 unspecified atom stereocenters. The third-order valence-electron chi connectivity index (χ3n) is 1.18. The normalized spacial score (nSPS) is 25.7. The van der Waals surface area contributed by atoms with Gasteiger partial charge in [-0.1, -0.05) is 0 Å². The second-order valence-corrected chi connectivity index (χ2v) is 2.28. The highest BCUT2D eigenvalue weighted by Gasteiger charge is 2.12. The van der Waals surface area contributed by atoms with Gasteiger partial charge in [-0.3, -0.25) is 0 Å². The maximum Gasteiger partial charge on any atom is 0.167 e. The fourth-order valence-electron chi connectivity index (χ4n) is 0.708. The van der Waals surface area contributed by atoms with Crippen LogP contribution < -0.4 is 10.6 Å². The smallest absolute Gasteiger partial charge is 0.167 e. The van der Waals surface area contributed by atoms with Crippen LogP contribution in [0.1, 0.15) is 6.42 Å². The van der Waals surface area contributed by atoms with Crippen molar-refractivity contribution in [2.24, 2.45) is 0 Å². The first-order chi connectivity index (χ1) is 4.33. The molecule has 1 heterocycles. The van der Waals surface area contributed by atoms with E-state index < -0.39 is 0 Å². The molecule has 9 heavy (non-hydrogen) atoms. The summed E-state index contributed by atoms with van der Waals surface area (Å²) in [7, 11) is 0. The van der Waals surface area contributed by atoms with E-state index >= 15 is 0 Å². The lowest BCUT2D eigenvalue weighted by Gasteiger charge is -2.20. The van der Waals surface area contributed by atoms with E-state index in [1.807, 2.05) is 0 Å². The molecule has 0 bridgehead atoms. The van der Waals surface area contributed by atoms with Crippen molar-refractivity contribution in [3.63, 3.8) is 0 Å². The largest absolute Gasteiger partial charge is 0.363 e. The second-order valence-electron chi connectivity index (χ2n) is 1.87. The van der Waals surface area contributed by atoms with E-state index in [4.69, 9.17) is 17.5 Å². The SMILES string of the molecule is N#C[C@H]1CCNC(=S)N1. The monoisotopic (exact) mass is 141 g/mol. The van der Waals surface area contributed by atoms with Crippen molar-refractivity contribution < 1.29 is 0 Å². The van der Waals surface area contributed by atoms with E-state index in [1.54, 1.807) is 0 Å². The predicted molar refractivity (Wildman–Crippen MR) is 37.8 cm³/mol. The minimum atomic E-state index is -0.0845. The van der Waals surface area contributed by atoms with Gasteiger partial charge in [-0.2, -0.15) is 5.26 Å². The third kappa shape index (κ3) is 1.54. The standard InChI is InChI=1S/C5H7N3S/c6-3-4-1-2-7-5(9)8-4/h4H,1-2H2,(H2,7,8,9)/t4-/m1/s1. The summed E-state index contributed by atoms with van der Waals surface area (Å²) in [6.45, 7) is 0.810. The van der Waals surface area contributed by atoms with Crippen LogP contribution in [-0.2, 0) is 0 Å². The first-order valence-electron chi connectivity index (χ1n) is 2.77. The first kappa shape index (κ1) is 6.30. The molecule has 1 fully saturated rings. The van der Waals surface area contributed by atoms with Gasteiger partial charge in [0.2, 0.25) is 0 Å². The van der Waals surface area contributed by atoms with Gasteiger partial charge in [0.1, 0.15) is 6.04 Å². The van der Waals surface area contributed by atoms with Crippen LogP contribution in [0.25, 0.3) is 0 Å². The molecule has 1 aliphatic heterocycles. The van der Waals surface area contributed by atoms with Crippen LogP contribution in [0.5, 0.6) is 0 Å². The predicted octanol–water partition coefficient (Wildman–Crippen LogP) is -0.254. The molecule has 0 spiro atoms. The Balaban J connectivity index is 2.43. The maximum atomic E-state index is 8.41. The Morgan fingerprint density at radius 2 is 2.56 bits per heavy atom. The Morgan fingerprint density at radius 1 is 1.78 bits per heavy atom. The quantitative estimate of drug-likeness (QED) is 0.456. The van der Waals surface area contributed by atoms with Crippen molar-refractivity contribution in [1.82, 2.24) is 10.6 Å². The molecule has 3 nitrogen and oxygen atoms in total. The van der Waals surface area contributed by atoms with Crippen molar-refractivity contribution in [2.75, 3.05) is 6.54 Å². The molecule has 1 aliphatic rings. The fraction of sp³-hybridized carbons (Fsp3) is 0.600. The van der Waals surface area contributed by atoms with Crippen LogP contribution >= 0.6 is 12.2 Å². The molecule has 0 aliphatic carbocycles. The van der Waals surface area contributed by atoms with Crippen LogP contribution in [0.2, 0.25) is 0 Å². The highest BCUT2D eigenvalue weighted by Crippen LogP contribution is 1.93. The molecule has 0 saturated carbocycles. The molecule has 4 heteroatoms. The summed E-state index contributed by atoms with van der Waals surface area (Å²) in [6.07, 6.45) is 0.830. The molecule has 1 saturated heterocycles. The van der Waals surface area contributed by atoms with Gasteiger partial charge in [0.25, 0.3) is 0 Å². The fourth-order valence-corrected chi connectivity index (χ4v) is 0.953. The molecule has 1 rings (SSSR count). The van der Waals surface area contributed by atoms with Crippen LogP contribution in [0.15, 0.2) is 0 Å². The lowest BCUT2D eigenvalue weighted by atomic mass is 10.2. The number of nitriles is 1. The zero-order valence-electron chi connectivity index (χ0n) is 4.85. The van der Waals surface area contributed by atoms with Gasteiger partial charge in [0.05, 0.1) is 6.07 Å². The van der Waals surface area contributed by atoms with Gasteiger partial charge in [-0.15, -0.1) is 0 Å². The molecular weight excluding hydrogens is 134 g/mol. The Hall–Kier alpha value is -0.820. The minimum absolute atomic E-state index is 0.0845. The van der Waals surface area contributed by atoms with E-state index in [1.165, 1.54) is 0 Å². The van der Waals surface area contributed by atoms with Gasteiger partial charge < -0.3 is 10.6 Å². The lowest BCUT2D eigenvalue weighted by Crippen LogP contribution is -2.48. The van der Waals surface area contributed by atoms with Crippen molar-refractivity contribution in [1.29, 1.82) is 5.26 Å². The molecule has 0 aromatic carbocycles. The van der Waals surface area contributed by atoms with Crippen LogP contribution in [0.3, 0.4) is 0 Å². The van der Waals surface area contributed by atoms with Gasteiger partial charge in [0.15, 0.2) is 5.11 Å². The van der Waals surface area contributed by atoms with E-state index in [9.17, 15) is 0 Å². The maximum absolute atomic E-state index is 8.41. The Labute approximate surface area is 59.0 Å². The van der Waals surface area contributed by atoms with E-state index in [0.29, 0.717) is 5.11 Å². The number of nitrogens with one attached hydrogen (secondary N) is 2. The van der Waals surface area contributed by atoms with E-state index in [0.717, 1.165) is 13.0 Å². The van der Waals surface area contributed by atoms with Crippen LogP contribution in [0, 0.1) is 11.3 Å². The van der Waals surface area contributed by atoms with Crippen molar-refractivity contribution in [2.45, 2.75) is 12.5 Å². The van der Waals surface area contributed by atoms with Gasteiger partial charge in [-0.25, -0.2) is 0 Å². The average Bonchev–Trinajstić information content (AvgIpc) is 1.88. The zero-order chi connectivity index (χ0) is 6.69. The molecule has 0 radical (unpaired) electrons. The summed E-state index contributed by atoms with van der Waals surface area (Å²) < 4.78 is 0. The number of rotatable bonds is 0. The first-order valence-corrected chi connectivity index (χ1v) is 3.18. The summed E-state index contributed by atoms with van der Waals surface area (Å²) in [5.74, 6) is 0. The summed E-state index contributed by atoms with van der Waals surface area (Å²) in [5.41, 5.74) is 0. The highest BCUT2D eigenvalue weighted by atomic mass is 32.1. The van der Waals surface area contributed by atoms with Crippen molar-refractivity contribution >= 4 is 17.3 Å². The van der Waals surface area contributed by atoms with E-state index in [2.05, 4.69) is 16.7 Å². The Morgan fingerprint density at radius 3 is 3.00 bits per heavy atom. The summed E-state index contributed by atoms with van der Waals surface area (Å²) >= 11 is 4.78. The molecule has 1 atom stereocenters. The molecule has 48 valence electrons. The van der Waals surface area contributed by atoms with Gasteiger partial charge in [0, 0.05) is 6.54 Å². The van der Waals surface area contributed by atoms with E-state index in [-0.39, 0.29) is 6.04 Å². The summed E-state index contributed by atoms with van der Waals surface area (Å²) in [5, 5.41) is 14.7. The molecule has 0 aromatic heterocycles. The lowest BCUT2D eigenvalue weighted by molar-refractivity contribution is 0.601. The number of nitrogens with zero attached hydrogens (tertiary/aromatic N) is 1. The number of thiocarbonyl (C=S) groups is 1. The summed E-state index contributed by atoms with van der Waals surface area (Å²) in [6, 6.07) is 2.01. The molecular formula is C5H7N3S. The minimum Gasteiger partial charge on any atom is -0.363 e. The molecule has 2 N–H and O–H groups in total. The van der Waals surface area contributed by atoms with Crippen LogP contribution in [0.4, 0.5) is 0 Å². The Kier molecular flexibility index (Phi) is 1.85. The molecule has 0 amide bonds. The Bertz CT molecular complexity index is 160. The van der Waals surface area contributed by atoms with Gasteiger partial charge >= 0.3 is 0 Å². The zero-order valence-corrected chi connectivity index (χ0v) is 5.66. The average molecular weight is 141 g/mol. The van der Waals surface area contributed by atoms with Crippen LogP contribution in [-0.4, -0.2) is 17.7 Å². The topological polar surface area (TPSA) is 47.9 Å². The number of hydrogen-bond acceptors (Lipinski definition) is 2. The second kappa shape index (κ2) is 2.65. The van der Waals surface area contributed by atoms with Crippen molar-refractivity contribution in [3.05, 3.63) is 0 Å². The highest BCUT2D eigenvalue weighted by molar-refractivity contribution is 7.80. The number of hydrogen-bond donors (Lipinski definition) is 2. The summed E-state index contributed by atoms with van der Waals surface area (Å²) in [4.78, 5) is 0. The molecule has 0 aromatic rings. The third-order valence-corrected chi connectivity index (χ3v) is 1.44. The van der Waals surface area contributed by atoms with Gasteiger partial charge in [-0.05, 0) is 18.6 Å². The van der Waals surface area contributed by atoms with Crippen molar-refractivity contribution in [3.8, 4) is 6.07 Å².